The fourth-order valence-corrected chi connectivity index (χ4v) is 2.04. The molecule has 2 heteroatoms. The Morgan fingerprint density at radius 3 is 2.47 bits per heavy atom. The van der Waals surface area contributed by atoms with Gasteiger partial charge in [-0.3, -0.25) is 0 Å². The minimum absolute atomic E-state index is 0.501. The minimum atomic E-state index is 0.501. The maximum absolute atomic E-state index is 5.41. The number of methoxy groups -OCH3 is 1. The van der Waals surface area contributed by atoms with Gasteiger partial charge in [0.25, 0.3) is 0 Å². The van der Waals surface area contributed by atoms with E-state index >= 15 is 0 Å². The van der Waals surface area contributed by atoms with Gasteiger partial charge in [-0.1, -0.05) is 32.9 Å². The molecule has 1 atom stereocenters. The van der Waals surface area contributed by atoms with Crippen molar-refractivity contribution >= 4 is 0 Å². The van der Waals surface area contributed by atoms with Gasteiger partial charge in [-0.25, -0.2) is 0 Å². The molecule has 0 heterocycles. The van der Waals surface area contributed by atoms with Crippen molar-refractivity contribution in [2.75, 3.05) is 20.7 Å². The van der Waals surface area contributed by atoms with Gasteiger partial charge in [0, 0.05) is 0 Å². The highest BCUT2D eigenvalue weighted by Crippen LogP contribution is 2.30. The fourth-order valence-electron chi connectivity index (χ4n) is 2.04. The van der Waals surface area contributed by atoms with Crippen LogP contribution in [0.5, 0.6) is 5.75 Å². The summed E-state index contributed by atoms with van der Waals surface area (Å²) < 4.78 is 5.41. The Morgan fingerprint density at radius 1 is 1.24 bits per heavy atom. The highest BCUT2D eigenvalue weighted by atomic mass is 16.5. The standard InChI is InChI=1S/C15H25NO/c1-11(2)14-10-13(6-7-15(14)17-5)12(3)8-9-16-4/h6-7,10-12,16H,8-9H2,1-5H3. The van der Waals surface area contributed by atoms with E-state index in [1.54, 1.807) is 7.11 Å². The maximum atomic E-state index is 5.41. The lowest BCUT2D eigenvalue weighted by Crippen LogP contribution is -2.11. The van der Waals surface area contributed by atoms with Gasteiger partial charge >= 0.3 is 0 Å². The summed E-state index contributed by atoms with van der Waals surface area (Å²) >= 11 is 0. The van der Waals surface area contributed by atoms with E-state index in [-0.39, 0.29) is 0 Å². The Morgan fingerprint density at radius 2 is 1.94 bits per heavy atom. The molecule has 96 valence electrons. The maximum Gasteiger partial charge on any atom is 0.122 e. The van der Waals surface area contributed by atoms with Gasteiger partial charge < -0.3 is 10.1 Å². The summed E-state index contributed by atoms with van der Waals surface area (Å²) in [7, 11) is 3.74. The molecule has 0 bridgehead atoms. The third kappa shape index (κ3) is 3.74. The first-order valence-electron chi connectivity index (χ1n) is 6.42. The third-order valence-corrected chi connectivity index (χ3v) is 3.27. The van der Waals surface area contributed by atoms with E-state index in [0.717, 1.165) is 12.3 Å². The average Bonchev–Trinajstić information content (AvgIpc) is 2.34. The fraction of sp³-hybridized carbons (Fsp3) is 0.600. The Balaban J connectivity index is 2.91. The van der Waals surface area contributed by atoms with Crippen LogP contribution in [0.3, 0.4) is 0 Å². The Labute approximate surface area is 105 Å². The van der Waals surface area contributed by atoms with Crippen LogP contribution >= 0.6 is 0 Å². The Hall–Kier alpha value is -1.02. The van der Waals surface area contributed by atoms with Crippen LogP contribution in [-0.2, 0) is 0 Å². The molecule has 0 aliphatic heterocycles. The molecule has 17 heavy (non-hydrogen) atoms. The topological polar surface area (TPSA) is 21.3 Å². The van der Waals surface area contributed by atoms with Crippen molar-refractivity contribution < 1.29 is 4.74 Å². The molecule has 0 amide bonds. The van der Waals surface area contributed by atoms with E-state index in [4.69, 9.17) is 4.74 Å². The van der Waals surface area contributed by atoms with Crippen LogP contribution in [0.4, 0.5) is 0 Å². The monoisotopic (exact) mass is 235 g/mol. The van der Waals surface area contributed by atoms with Crippen molar-refractivity contribution in [3.05, 3.63) is 29.3 Å². The van der Waals surface area contributed by atoms with Crippen LogP contribution in [0.2, 0.25) is 0 Å². The summed E-state index contributed by atoms with van der Waals surface area (Å²) in [5.41, 5.74) is 2.71. The highest BCUT2D eigenvalue weighted by molar-refractivity contribution is 5.40. The second kappa shape index (κ2) is 6.65. The third-order valence-electron chi connectivity index (χ3n) is 3.27. The SMILES string of the molecule is CNCCC(C)c1ccc(OC)c(C(C)C)c1. The number of rotatable bonds is 6. The first-order valence-corrected chi connectivity index (χ1v) is 6.42. The summed E-state index contributed by atoms with van der Waals surface area (Å²) in [5.74, 6) is 2.09. The molecule has 1 rings (SSSR count). The van der Waals surface area contributed by atoms with E-state index in [1.165, 1.54) is 17.5 Å². The van der Waals surface area contributed by atoms with E-state index < -0.39 is 0 Å². The number of hydrogen-bond donors (Lipinski definition) is 1. The largest absolute Gasteiger partial charge is 0.496 e. The van der Waals surface area contributed by atoms with Gasteiger partial charge in [-0.2, -0.15) is 0 Å². The van der Waals surface area contributed by atoms with Crippen LogP contribution in [0, 0.1) is 0 Å². The van der Waals surface area contributed by atoms with Gasteiger partial charge in [0.1, 0.15) is 5.75 Å². The molecule has 0 saturated heterocycles. The molecule has 1 aromatic rings. The zero-order valence-electron chi connectivity index (χ0n) is 11.7. The minimum Gasteiger partial charge on any atom is -0.496 e. The van der Waals surface area contributed by atoms with Crippen molar-refractivity contribution in [3.8, 4) is 5.75 Å². The highest BCUT2D eigenvalue weighted by Gasteiger charge is 2.11. The molecule has 0 aromatic heterocycles. The molecule has 2 nitrogen and oxygen atoms in total. The summed E-state index contributed by atoms with van der Waals surface area (Å²) in [5, 5.41) is 3.20. The molecule has 0 spiro atoms. The summed E-state index contributed by atoms with van der Waals surface area (Å²) in [6.45, 7) is 7.76. The summed E-state index contributed by atoms with van der Waals surface area (Å²) in [6, 6.07) is 6.58. The molecule has 1 aromatic carbocycles. The van der Waals surface area contributed by atoms with Crippen molar-refractivity contribution in [1.82, 2.24) is 5.32 Å². The first-order chi connectivity index (χ1) is 8.10. The van der Waals surface area contributed by atoms with Gasteiger partial charge in [-0.15, -0.1) is 0 Å². The van der Waals surface area contributed by atoms with Gasteiger partial charge in [0.2, 0.25) is 0 Å². The second-order valence-electron chi connectivity index (χ2n) is 4.95. The molecule has 0 aliphatic carbocycles. The van der Waals surface area contributed by atoms with E-state index in [9.17, 15) is 0 Å². The summed E-state index contributed by atoms with van der Waals surface area (Å²) in [6.07, 6.45) is 1.17. The molecule has 0 aliphatic rings. The lowest BCUT2D eigenvalue weighted by molar-refractivity contribution is 0.407. The van der Waals surface area contributed by atoms with Gasteiger partial charge in [-0.05, 0) is 49.0 Å². The Kier molecular flexibility index (Phi) is 5.49. The predicted octanol–water partition coefficient (Wildman–Crippen LogP) is 3.53. The van der Waals surface area contributed by atoms with E-state index in [2.05, 4.69) is 44.3 Å². The van der Waals surface area contributed by atoms with Crippen molar-refractivity contribution in [3.63, 3.8) is 0 Å². The quantitative estimate of drug-likeness (QED) is 0.814. The molecule has 0 fully saturated rings. The van der Waals surface area contributed by atoms with Gasteiger partial charge in [0.15, 0.2) is 0 Å². The smallest absolute Gasteiger partial charge is 0.122 e. The van der Waals surface area contributed by atoms with E-state index in [1.807, 2.05) is 7.05 Å². The molecule has 1 N–H and O–H groups in total. The van der Waals surface area contributed by atoms with Crippen molar-refractivity contribution in [2.24, 2.45) is 0 Å². The Bertz CT molecular complexity index is 347. The average molecular weight is 235 g/mol. The number of ether oxygens (including phenoxy) is 1. The molecular formula is C15H25NO. The normalized spacial score (nSPS) is 12.8. The van der Waals surface area contributed by atoms with Crippen LogP contribution in [0.25, 0.3) is 0 Å². The molecule has 1 unspecified atom stereocenters. The van der Waals surface area contributed by atoms with Crippen LogP contribution in [0.15, 0.2) is 18.2 Å². The summed E-state index contributed by atoms with van der Waals surface area (Å²) in [4.78, 5) is 0. The number of benzene rings is 1. The zero-order chi connectivity index (χ0) is 12.8. The zero-order valence-corrected chi connectivity index (χ0v) is 11.7. The van der Waals surface area contributed by atoms with Crippen LogP contribution < -0.4 is 10.1 Å². The number of hydrogen-bond acceptors (Lipinski definition) is 2. The van der Waals surface area contributed by atoms with Crippen LogP contribution in [-0.4, -0.2) is 20.7 Å². The second-order valence-corrected chi connectivity index (χ2v) is 4.95. The first kappa shape index (κ1) is 14.0. The van der Waals surface area contributed by atoms with E-state index in [0.29, 0.717) is 11.8 Å². The van der Waals surface area contributed by atoms with Crippen molar-refractivity contribution in [2.45, 2.75) is 39.0 Å². The number of nitrogens with one attached hydrogen (secondary N) is 1. The van der Waals surface area contributed by atoms with Crippen molar-refractivity contribution in [1.29, 1.82) is 0 Å². The van der Waals surface area contributed by atoms with Crippen LogP contribution in [0.1, 0.15) is 50.2 Å². The van der Waals surface area contributed by atoms with Gasteiger partial charge in [0.05, 0.1) is 7.11 Å². The lowest BCUT2D eigenvalue weighted by atomic mass is 9.92. The predicted molar refractivity (Wildman–Crippen MR) is 74.0 cm³/mol. The lowest BCUT2D eigenvalue weighted by Gasteiger charge is -2.17. The molecular weight excluding hydrogens is 210 g/mol. The molecule has 0 saturated carbocycles. The molecule has 0 radical (unpaired) electrons.